The Balaban J connectivity index is 1.24. The molecule has 1 fully saturated rings. The van der Waals surface area contributed by atoms with Crippen molar-refractivity contribution in [3.05, 3.63) is 59.4 Å². The van der Waals surface area contributed by atoms with Crippen LogP contribution in [0.5, 0.6) is 0 Å². The molecule has 0 aliphatic carbocycles. The number of halogens is 1. The van der Waals surface area contributed by atoms with E-state index >= 15 is 0 Å². The lowest BCUT2D eigenvalue weighted by Gasteiger charge is -2.34. The van der Waals surface area contributed by atoms with Crippen LogP contribution in [0.1, 0.15) is 36.7 Å². The number of fused-ring (bicyclic) bond motifs is 1. The van der Waals surface area contributed by atoms with Gasteiger partial charge in [0.05, 0.1) is 4.70 Å². The molecule has 0 bridgehead atoms. The van der Waals surface area contributed by atoms with Gasteiger partial charge in [0, 0.05) is 44.8 Å². The third-order valence-electron chi connectivity index (χ3n) is 5.73. The van der Waals surface area contributed by atoms with Crippen molar-refractivity contribution in [1.29, 1.82) is 0 Å². The molecule has 1 aliphatic heterocycles. The number of anilines is 1. The van der Waals surface area contributed by atoms with E-state index in [2.05, 4.69) is 40.9 Å². The number of aromatic nitrogens is 1. The van der Waals surface area contributed by atoms with E-state index in [1.165, 1.54) is 11.6 Å². The van der Waals surface area contributed by atoms with Gasteiger partial charge >= 0.3 is 0 Å². The molecular weight excluding hydrogens is 411 g/mol. The van der Waals surface area contributed by atoms with Crippen LogP contribution in [0.15, 0.2) is 42.5 Å². The highest BCUT2D eigenvalue weighted by Crippen LogP contribution is 2.30. The van der Waals surface area contributed by atoms with Crippen LogP contribution in [-0.4, -0.2) is 55.1 Å². The maximum absolute atomic E-state index is 13.9. The minimum atomic E-state index is -0.262. The van der Waals surface area contributed by atoms with Crippen LogP contribution in [0.25, 0.3) is 10.2 Å². The zero-order chi connectivity index (χ0) is 22.0. The highest BCUT2D eigenvalue weighted by Gasteiger charge is 2.20. The molecule has 1 aromatic heterocycles. The van der Waals surface area contributed by atoms with Gasteiger partial charge in [-0.25, -0.2) is 9.37 Å². The van der Waals surface area contributed by atoms with Gasteiger partial charge in [0.2, 0.25) is 0 Å². The van der Waals surface area contributed by atoms with Crippen LogP contribution < -0.4 is 10.2 Å². The van der Waals surface area contributed by atoms with Crippen LogP contribution in [0.3, 0.4) is 0 Å². The van der Waals surface area contributed by atoms with E-state index in [1.54, 1.807) is 17.4 Å². The van der Waals surface area contributed by atoms with E-state index in [4.69, 9.17) is 0 Å². The lowest BCUT2D eigenvalue weighted by molar-refractivity contribution is 0.0947. The van der Waals surface area contributed by atoms with Gasteiger partial charge in [-0.05, 0) is 35.2 Å². The van der Waals surface area contributed by atoms with Crippen molar-refractivity contribution in [3.63, 3.8) is 0 Å². The zero-order valence-corrected chi connectivity index (χ0v) is 19.1. The first-order valence-electron chi connectivity index (χ1n) is 10.7. The second kappa shape index (κ2) is 8.93. The van der Waals surface area contributed by atoms with Crippen LogP contribution >= 0.6 is 11.3 Å². The molecule has 31 heavy (non-hydrogen) atoms. The number of piperazine rings is 1. The lowest BCUT2D eigenvalue weighted by atomic mass is 9.87. The third kappa shape index (κ3) is 5.05. The van der Waals surface area contributed by atoms with Gasteiger partial charge in [-0.1, -0.05) is 50.3 Å². The fourth-order valence-electron chi connectivity index (χ4n) is 3.75. The summed E-state index contributed by atoms with van der Waals surface area (Å²) in [5.41, 5.74) is 2.46. The summed E-state index contributed by atoms with van der Waals surface area (Å²) in [6, 6.07) is 13.0. The number of carbonyl (C=O) groups is 1. The monoisotopic (exact) mass is 440 g/mol. The minimum absolute atomic E-state index is 0.0319. The van der Waals surface area contributed by atoms with E-state index in [-0.39, 0.29) is 17.1 Å². The summed E-state index contributed by atoms with van der Waals surface area (Å²) in [5, 5.41) is 3.91. The van der Waals surface area contributed by atoms with Crippen LogP contribution in [0.4, 0.5) is 9.52 Å². The van der Waals surface area contributed by atoms with Gasteiger partial charge in [0.15, 0.2) is 5.13 Å². The van der Waals surface area contributed by atoms with E-state index in [0.717, 1.165) is 42.6 Å². The molecule has 4 rings (SSSR count). The number of nitrogens with one attached hydrogen (secondary N) is 1. The summed E-state index contributed by atoms with van der Waals surface area (Å²) >= 11 is 1.54. The van der Waals surface area contributed by atoms with Gasteiger partial charge < -0.3 is 10.2 Å². The number of rotatable bonds is 5. The Labute approximate surface area is 186 Å². The molecule has 0 atom stereocenters. The highest BCUT2D eigenvalue weighted by molar-refractivity contribution is 7.22. The Hall–Kier alpha value is -2.51. The molecule has 0 saturated carbocycles. The van der Waals surface area contributed by atoms with Crippen LogP contribution in [0, 0.1) is 5.82 Å². The Morgan fingerprint density at radius 2 is 1.81 bits per heavy atom. The number of hydrogen-bond donors (Lipinski definition) is 1. The lowest BCUT2D eigenvalue weighted by Crippen LogP contribution is -2.48. The Kier molecular flexibility index (Phi) is 6.25. The Morgan fingerprint density at radius 3 is 2.45 bits per heavy atom. The van der Waals surface area contributed by atoms with E-state index in [1.807, 2.05) is 30.3 Å². The number of nitrogens with zero attached hydrogens (tertiary/aromatic N) is 3. The quantitative estimate of drug-likeness (QED) is 0.643. The molecule has 2 heterocycles. The number of thiazole rings is 1. The van der Waals surface area contributed by atoms with E-state index < -0.39 is 0 Å². The largest absolute Gasteiger partial charge is 0.351 e. The maximum atomic E-state index is 13.9. The molecule has 0 unspecified atom stereocenters. The Bertz CT molecular complexity index is 1050. The van der Waals surface area contributed by atoms with Crippen molar-refractivity contribution < 1.29 is 9.18 Å². The second-order valence-electron chi connectivity index (χ2n) is 8.99. The van der Waals surface area contributed by atoms with E-state index in [0.29, 0.717) is 17.6 Å². The highest BCUT2D eigenvalue weighted by atomic mass is 32.1. The Morgan fingerprint density at radius 1 is 1.10 bits per heavy atom. The normalized spacial score (nSPS) is 15.4. The first-order chi connectivity index (χ1) is 14.8. The minimum Gasteiger partial charge on any atom is -0.351 e. The third-order valence-corrected chi connectivity index (χ3v) is 6.81. The van der Waals surface area contributed by atoms with Gasteiger partial charge in [-0.2, -0.15) is 0 Å². The number of hydrogen-bond acceptors (Lipinski definition) is 5. The van der Waals surface area contributed by atoms with Crippen molar-refractivity contribution in [2.75, 3.05) is 44.2 Å². The van der Waals surface area contributed by atoms with Crippen molar-refractivity contribution in [1.82, 2.24) is 15.2 Å². The SMILES string of the molecule is CC(C)(C)c1ccc(C(=O)NCCN2CCN(c3nc4c(F)cccc4s3)CC2)cc1. The number of carbonyl (C=O) groups excluding carboxylic acids is 1. The molecule has 1 aliphatic rings. The summed E-state index contributed by atoms with van der Waals surface area (Å²) < 4.78 is 14.8. The topological polar surface area (TPSA) is 48.5 Å². The molecule has 164 valence electrons. The summed E-state index contributed by atoms with van der Waals surface area (Å²) in [7, 11) is 0. The summed E-state index contributed by atoms with van der Waals surface area (Å²) in [4.78, 5) is 21.5. The first-order valence-corrected chi connectivity index (χ1v) is 11.5. The molecular formula is C24H29FN4OS. The summed E-state index contributed by atoms with van der Waals surface area (Å²) in [6.07, 6.45) is 0. The predicted molar refractivity (Wildman–Crippen MR) is 126 cm³/mol. The molecule has 0 spiro atoms. The molecule has 1 saturated heterocycles. The average molecular weight is 441 g/mol. The molecule has 3 aromatic rings. The maximum Gasteiger partial charge on any atom is 0.251 e. The average Bonchev–Trinajstić information content (AvgIpc) is 3.19. The standard InChI is InChI=1S/C24H29FN4OS/c1-24(2,3)18-9-7-17(8-10-18)22(30)26-11-12-28-13-15-29(16-14-28)23-27-21-19(25)5-4-6-20(21)31-23/h4-10H,11-16H2,1-3H3,(H,26,30). The van der Waals surface area contributed by atoms with E-state index in [9.17, 15) is 9.18 Å². The van der Waals surface area contributed by atoms with Crippen molar-refractivity contribution in [2.24, 2.45) is 0 Å². The van der Waals surface area contributed by atoms with Crippen molar-refractivity contribution >= 4 is 32.6 Å². The van der Waals surface area contributed by atoms with Crippen molar-refractivity contribution in [3.8, 4) is 0 Å². The fourth-order valence-corrected chi connectivity index (χ4v) is 4.78. The first kappa shape index (κ1) is 21.7. The molecule has 1 N–H and O–H groups in total. The molecule has 2 aromatic carbocycles. The van der Waals surface area contributed by atoms with Gasteiger partial charge in [0.25, 0.3) is 5.91 Å². The molecule has 5 nitrogen and oxygen atoms in total. The summed E-state index contributed by atoms with van der Waals surface area (Å²) in [5.74, 6) is -0.293. The van der Waals surface area contributed by atoms with Gasteiger partial charge in [-0.3, -0.25) is 9.69 Å². The number of para-hydroxylation sites is 1. The van der Waals surface area contributed by atoms with Gasteiger partial charge in [0.1, 0.15) is 11.3 Å². The van der Waals surface area contributed by atoms with Crippen LogP contribution in [-0.2, 0) is 5.41 Å². The number of benzene rings is 2. The second-order valence-corrected chi connectivity index (χ2v) is 10.0. The van der Waals surface area contributed by atoms with Crippen molar-refractivity contribution in [2.45, 2.75) is 26.2 Å². The zero-order valence-electron chi connectivity index (χ0n) is 18.3. The molecule has 7 heteroatoms. The number of amides is 1. The smallest absolute Gasteiger partial charge is 0.251 e. The molecule has 0 radical (unpaired) electrons. The van der Waals surface area contributed by atoms with Gasteiger partial charge in [-0.15, -0.1) is 0 Å². The molecule has 1 amide bonds. The van der Waals surface area contributed by atoms with Crippen LogP contribution in [0.2, 0.25) is 0 Å². The fraction of sp³-hybridized carbons (Fsp3) is 0.417. The predicted octanol–water partition coefficient (Wildman–Crippen LogP) is 4.28. The summed E-state index contributed by atoms with van der Waals surface area (Å²) in [6.45, 7) is 11.4.